The lowest BCUT2D eigenvalue weighted by atomic mass is 10.1. The average molecular weight is 369 g/mol. The molecule has 2 aromatic rings. The normalized spacial score (nSPS) is 17.6. The number of methoxy groups -OCH3 is 1. The maximum Gasteiger partial charge on any atom is 0.275 e. The second kappa shape index (κ2) is 7.84. The molecule has 8 heteroatoms. The molecule has 0 radical (unpaired) electrons. The minimum absolute atomic E-state index is 0.0146. The predicted molar refractivity (Wildman–Crippen MR) is 88.2 cm³/mol. The van der Waals surface area contributed by atoms with E-state index in [2.05, 4.69) is 4.98 Å². The van der Waals surface area contributed by atoms with Gasteiger partial charge in [0.1, 0.15) is 17.8 Å². The summed E-state index contributed by atoms with van der Waals surface area (Å²) < 4.78 is 29.1. The van der Waals surface area contributed by atoms with Crippen molar-refractivity contribution in [2.45, 2.75) is 25.6 Å². The quantitative estimate of drug-likeness (QED) is 0.810. The van der Waals surface area contributed by atoms with Crippen LogP contribution in [-0.4, -0.2) is 42.1 Å². The van der Waals surface area contributed by atoms with E-state index in [0.717, 1.165) is 18.9 Å². The Labute approximate surface area is 149 Å². The fourth-order valence-electron chi connectivity index (χ4n) is 2.68. The van der Waals surface area contributed by atoms with Gasteiger partial charge in [-0.25, -0.2) is 9.37 Å². The molecule has 1 amide bonds. The van der Waals surface area contributed by atoms with Crippen molar-refractivity contribution in [3.8, 4) is 5.75 Å². The van der Waals surface area contributed by atoms with Gasteiger partial charge in [-0.1, -0.05) is 11.6 Å². The van der Waals surface area contributed by atoms with Crippen LogP contribution in [0.3, 0.4) is 0 Å². The Kier molecular flexibility index (Phi) is 5.55. The first-order chi connectivity index (χ1) is 12.1. The third-order valence-corrected chi connectivity index (χ3v) is 4.31. The van der Waals surface area contributed by atoms with Crippen LogP contribution in [-0.2, 0) is 11.3 Å². The van der Waals surface area contributed by atoms with Gasteiger partial charge in [0.25, 0.3) is 5.91 Å². The van der Waals surface area contributed by atoms with E-state index in [9.17, 15) is 9.18 Å². The Morgan fingerprint density at radius 1 is 1.52 bits per heavy atom. The van der Waals surface area contributed by atoms with Crippen LogP contribution in [0, 0.1) is 5.82 Å². The monoisotopic (exact) mass is 368 g/mol. The third kappa shape index (κ3) is 4.29. The number of carbonyl (C=O) groups is 1. The summed E-state index contributed by atoms with van der Waals surface area (Å²) in [6, 6.07) is 3.82. The number of hydrogen-bond acceptors (Lipinski definition) is 5. The van der Waals surface area contributed by atoms with E-state index in [-0.39, 0.29) is 35.2 Å². The van der Waals surface area contributed by atoms with Gasteiger partial charge in [0.15, 0.2) is 12.3 Å². The number of benzene rings is 1. The first kappa shape index (κ1) is 17.7. The maximum absolute atomic E-state index is 13.0. The van der Waals surface area contributed by atoms with Crippen molar-refractivity contribution in [3.05, 3.63) is 46.9 Å². The predicted octanol–water partition coefficient (Wildman–Crippen LogP) is 3.30. The van der Waals surface area contributed by atoms with E-state index in [1.807, 2.05) is 0 Å². The second-order valence-corrected chi connectivity index (χ2v) is 6.15. The highest BCUT2D eigenvalue weighted by Gasteiger charge is 2.26. The lowest BCUT2D eigenvalue weighted by molar-refractivity contribution is 0.0265. The van der Waals surface area contributed by atoms with Crippen LogP contribution in [0.5, 0.6) is 5.75 Å². The molecule has 134 valence electrons. The van der Waals surface area contributed by atoms with E-state index in [1.165, 1.54) is 18.4 Å². The van der Waals surface area contributed by atoms with E-state index in [0.29, 0.717) is 18.8 Å². The molecule has 2 heterocycles. The zero-order valence-electron chi connectivity index (χ0n) is 13.7. The molecule has 3 rings (SSSR count). The highest BCUT2D eigenvalue weighted by molar-refractivity contribution is 6.32. The molecule has 0 unspecified atom stereocenters. The number of likely N-dealkylation sites (tertiary alicyclic amines) is 1. The van der Waals surface area contributed by atoms with Gasteiger partial charge in [-0.2, -0.15) is 0 Å². The van der Waals surface area contributed by atoms with Crippen LogP contribution in [0.4, 0.5) is 4.39 Å². The summed E-state index contributed by atoms with van der Waals surface area (Å²) in [5, 5.41) is 0.154. The Balaban J connectivity index is 1.61. The van der Waals surface area contributed by atoms with Crippen molar-refractivity contribution < 1.29 is 23.1 Å². The topological polar surface area (TPSA) is 64.8 Å². The van der Waals surface area contributed by atoms with Crippen molar-refractivity contribution in [1.29, 1.82) is 0 Å². The molecule has 1 aromatic heterocycles. The highest BCUT2D eigenvalue weighted by Crippen LogP contribution is 2.25. The summed E-state index contributed by atoms with van der Waals surface area (Å²) in [5.41, 5.74) is 0.223. The van der Waals surface area contributed by atoms with Gasteiger partial charge in [0, 0.05) is 20.2 Å². The largest absolute Gasteiger partial charge is 0.482 e. The summed E-state index contributed by atoms with van der Waals surface area (Å²) >= 11 is 5.89. The number of aromatic nitrogens is 1. The first-order valence-electron chi connectivity index (χ1n) is 7.91. The molecule has 0 saturated carbocycles. The van der Waals surface area contributed by atoms with Crippen molar-refractivity contribution >= 4 is 17.5 Å². The summed E-state index contributed by atoms with van der Waals surface area (Å²) in [4.78, 5) is 18.3. The highest BCUT2D eigenvalue weighted by atomic mass is 35.5. The molecule has 25 heavy (non-hydrogen) atoms. The van der Waals surface area contributed by atoms with Crippen molar-refractivity contribution in [2.75, 3.05) is 20.2 Å². The minimum atomic E-state index is -0.447. The van der Waals surface area contributed by atoms with Crippen LogP contribution in [0.25, 0.3) is 0 Å². The molecule has 1 saturated heterocycles. The van der Waals surface area contributed by atoms with E-state index < -0.39 is 5.82 Å². The number of ether oxygens (including phenoxy) is 2. The van der Waals surface area contributed by atoms with Crippen LogP contribution in [0.1, 0.15) is 29.2 Å². The van der Waals surface area contributed by atoms with Gasteiger partial charge in [0.2, 0.25) is 5.89 Å². The van der Waals surface area contributed by atoms with Crippen molar-refractivity contribution in [2.24, 2.45) is 0 Å². The fourth-order valence-corrected chi connectivity index (χ4v) is 2.91. The van der Waals surface area contributed by atoms with Gasteiger partial charge in [-0.05, 0) is 31.0 Å². The second-order valence-electron chi connectivity index (χ2n) is 5.74. The molecule has 1 aliphatic heterocycles. The third-order valence-electron chi connectivity index (χ3n) is 4.01. The number of carbonyl (C=O) groups excluding carboxylic acids is 1. The number of oxazole rings is 1. The smallest absolute Gasteiger partial charge is 0.275 e. The van der Waals surface area contributed by atoms with Gasteiger partial charge in [-0.15, -0.1) is 0 Å². The van der Waals surface area contributed by atoms with E-state index in [1.54, 1.807) is 12.0 Å². The molecule has 0 N–H and O–H groups in total. The molecule has 1 aromatic carbocycles. The van der Waals surface area contributed by atoms with Crippen molar-refractivity contribution in [3.63, 3.8) is 0 Å². The Morgan fingerprint density at radius 3 is 3.12 bits per heavy atom. The minimum Gasteiger partial charge on any atom is -0.482 e. The van der Waals surface area contributed by atoms with Gasteiger partial charge < -0.3 is 18.8 Å². The lowest BCUT2D eigenvalue weighted by Crippen LogP contribution is -2.43. The molecule has 0 spiro atoms. The first-order valence-corrected chi connectivity index (χ1v) is 8.29. The van der Waals surface area contributed by atoms with Crippen LogP contribution < -0.4 is 4.74 Å². The molecular weight excluding hydrogens is 351 g/mol. The number of nitrogens with zero attached hydrogens (tertiary/aromatic N) is 2. The zero-order valence-corrected chi connectivity index (χ0v) is 14.5. The van der Waals surface area contributed by atoms with Crippen LogP contribution in [0.15, 0.2) is 28.9 Å². The van der Waals surface area contributed by atoms with E-state index in [4.69, 9.17) is 25.5 Å². The van der Waals surface area contributed by atoms with E-state index >= 15 is 0 Å². The zero-order chi connectivity index (χ0) is 17.8. The number of piperidine rings is 1. The summed E-state index contributed by atoms with van der Waals surface area (Å²) in [7, 11) is 1.64. The summed E-state index contributed by atoms with van der Waals surface area (Å²) in [6.07, 6.45) is 3.19. The molecular formula is C17H18ClFN2O4. The molecule has 0 aliphatic carbocycles. The van der Waals surface area contributed by atoms with Gasteiger partial charge in [-0.3, -0.25) is 4.79 Å². The van der Waals surface area contributed by atoms with Crippen LogP contribution >= 0.6 is 11.6 Å². The Morgan fingerprint density at radius 2 is 2.36 bits per heavy atom. The molecule has 1 fully saturated rings. The molecule has 1 atom stereocenters. The fraction of sp³-hybridized carbons (Fsp3) is 0.412. The number of rotatable bonds is 5. The molecule has 0 bridgehead atoms. The number of halogens is 2. The molecule has 6 nitrogen and oxygen atoms in total. The standard InChI is InChI=1S/C17H18ClFN2O4/c1-23-12-3-2-6-21(8-12)17(22)14-9-25-16(20-14)10-24-15-5-4-11(19)7-13(15)18/h4-5,7,9,12H,2-3,6,8,10H2,1H3/t12-/m0/s1. The van der Waals surface area contributed by atoms with Gasteiger partial charge in [0.05, 0.1) is 11.1 Å². The maximum atomic E-state index is 13.0. The Hall–Kier alpha value is -2.12. The van der Waals surface area contributed by atoms with Gasteiger partial charge >= 0.3 is 0 Å². The van der Waals surface area contributed by atoms with Crippen molar-refractivity contribution in [1.82, 2.24) is 9.88 Å². The van der Waals surface area contributed by atoms with Crippen LogP contribution in [0.2, 0.25) is 5.02 Å². The Bertz CT molecular complexity index is 752. The summed E-state index contributed by atoms with van der Waals surface area (Å²) in [6.45, 7) is 1.20. The lowest BCUT2D eigenvalue weighted by Gasteiger charge is -2.31. The number of amides is 1. The average Bonchev–Trinajstić information content (AvgIpc) is 3.09. The SMILES string of the molecule is CO[C@H]1CCCN(C(=O)c2coc(COc3ccc(F)cc3Cl)n2)C1. The summed E-state index contributed by atoms with van der Waals surface area (Å²) in [5.74, 6) is -0.0917. The molecule has 1 aliphatic rings. The number of hydrogen-bond donors (Lipinski definition) is 0.